The molecule has 0 amide bonds. The number of hydrogen-bond acceptors (Lipinski definition) is 6. The monoisotopic (exact) mass is 1420 g/mol. The number of aliphatic hydroxyl groups excluding tert-OH is 2. The number of ether oxygens (including phenoxy) is 4. The van der Waals surface area contributed by atoms with Crippen LogP contribution in [0.2, 0.25) is 0 Å². The van der Waals surface area contributed by atoms with E-state index in [2.05, 4.69) is 111 Å². The molecule has 100 heavy (non-hydrogen) atoms. The molecule has 0 bridgehead atoms. The molecule has 8 aromatic rings. The first-order chi connectivity index (χ1) is 47.6. The molecule has 0 radical (unpaired) electrons. The van der Waals surface area contributed by atoms with Crippen LogP contribution in [0.15, 0.2) is 170 Å². The molecule has 4 saturated carbocycles. The molecule has 4 fully saturated rings. The molecule has 536 valence electrons. The number of benzene rings is 8. The van der Waals surface area contributed by atoms with Gasteiger partial charge in [0.2, 0.25) is 0 Å². The SMILES string of the molecule is CC1(C)CCC[C@@H]1c1cc(CCl)ccc1-c1cccc(OC(F)F)c1.CC1(C)CCC[C@@H]1c1cc(CO)ccc1-c1cccc(OC(F)F)c1.CC1(C)CCC[C@H]1c1cc(CCl)ccc1-c1cccc(OC(F)F)c1.CC1(C)CCC[C@H]1c1cc(CO)ccc1-c1cccc(OC(F)F)c1. The van der Waals surface area contributed by atoms with Crippen LogP contribution in [0, 0.1) is 21.7 Å². The van der Waals surface area contributed by atoms with Crippen LogP contribution >= 0.6 is 23.2 Å². The van der Waals surface area contributed by atoms with E-state index in [9.17, 15) is 45.3 Å². The molecule has 8 aromatic carbocycles. The molecule has 4 atom stereocenters. The van der Waals surface area contributed by atoms with Gasteiger partial charge in [0.05, 0.1) is 13.2 Å². The van der Waals surface area contributed by atoms with Crippen molar-refractivity contribution in [3.8, 4) is 67.5 Å². The summed E-state index contributed by atoms with van der Waals surface area (Å²) in [6.07, 6.45) is 13.9. The minimum absolute atomic E-state index is 0.00500. The standard InChI is InChI=1S/2C21H23ClF2O.2C21H24F2O2/c2*1-21(2)10-4-7-19(21)18-11-14(13-22)8-9-17(18)15-5-3-6-16(12-15)25-20(23)24;2*1-21(2)10-4-7-19(21)18-11-14(13-24)8-9-17(18)15-5-3-6-16(12-15)25-20(22)23/h2*3,5-6,8-9,11-12,19-20H,4,7,10,13H2,1-2H3;2*3,5-6,8-9,11-12,19-20,24H,4,7,10,13H2,1-2H3/t4*19-/m1010/s1. The van der Waals surface area contributed by atoms with Gasteiger partial charge in [-0.25, -0.2) is 0 Å². The molecule has 6 nitrogen and oxygen atoms in total. The van der Waals surface area contributed by atoms with Gasteiger partial charge in [-0.3, -0.25) is 0 Å². The van der Waals surface area contributed by atoms with Gasteiger partial charge in [-0.15, -0.1) is 23.2 Å². The number of rotatable bonds is 20. The molecule has 16 heteroatoms. The first-order valence-electron chi connectivity index (χ1n) is 34.7. The van der Waals surface area contributed by atoms with Crippen LogP contribution in [0.5, 0.6) is 23.0 Å². The van der Waals surface area contributed by atoms with Crippen molar-refractivity contribution in [2.24, 2.45) is 21.7 Å². The number of hydrogen-bond donors (Lipinski definition) is 2. The number of alkyl halides is 10. The van der Waals surface area contributed by atoms with Crippen molar-refractivity contribution in [3.63, 3.8) is 0 Å². The molecule has 4 aliphatic carbocycles. The molecule has 2 N–H and O–H groups in total. The zero-order valence-corrected chi connectivity index (χ0v) is 59.9. The van der Waals surface area contributed by atoms with Gasteiger partial charge in [-0.05, 0) is 234 Å². The smallest absolute Gasteiger partial charge is 0.387 e. The third-order valence-electron chi connectivity index (χ3n) is 21.1. The second-order valence-electron chi connectivity index (χ2n) is 29.6. The first-order valence-corrected chi connectivity index (χ1v) is 35.7. The average Bonchev–Trinajstić information content (AvgIpc) is 1.42. The van der Waals surface area contributed by atoms with Crippen molar-refractivity contribution in [2.45, 2.75) is 208 Å². The van der Waals surface area contributed by atoms with Crippen molar-refractivity contribution < 1.29 is 64.3 Å². The van der Waals surface area contributed by atoms with E-state index >= 15 is 0 Å². The van der Waals surface area contributed by atoms with E-state index in [1.165, 1.54) is 72.9 Å². The van der Waals surface area contributed by atoms with Crippen molar-refractivity contribution >= 4 is 23.2 Å². The Bertz CT molecular complexity index is 3480. The highest BCUT2D eigenvalue weighted by Crippen LogP contribution is 2.55. The van der Waals surface area contributed by atoms with E-state index in [1.54, 1.807) is 60.7 Å². The molecule has 0 unspecified atom stereocenters. The Hall–Kier alpha value is -7.10. The number of halogens is 10. The maximum absolute atomic E-state index is 12.5. The summed E-state index contributed by atoms with van der Waals surface area (Å²) in [4.78, 5) is 0. The molecule has 0 aromatic heterocycles. The Morgan fingerprint density at radius 3 is 0.740 bits per heavy atom. The fourth-order valence-electron chi connectivity index (χ4n) is 16.0. The second kappa shape index (κ2) is 34.2. The van der Waals surface area contributed by atoms with Gasteiger partial charge >= 0.3 is 26.4 Å². The zero-order valence-electron chi connectivity index (χ0n) is 58.4. The van der Waals surface area contributed by atoms with Crippen LogP contribution in [0.25, 0.3) is 44.5 Å². The van der Waals surface area contributed by atoms with Crippen molar-refractivity contribution in [1.82, 2.24) is 0 Å². The van der Waals surface area contributed by atoms with Crippen LogP contribution in [-0.4, -0.2) is 36.7 Å². The van der Waals surface area contributed by atoms with Crippen molar-refractivity contribution in [1.29, 1.82) is 0 Å². The summed E-state index contributed by atoms with van der Waals surface area (Å²) in [5, 5.41) is 19.1. The average molecular weight is 1420 g/mol. The van der Waals surface area contributed by atoms with Crippen molar-refractivity contribution in [3.05, 3.63) is 214 Å². The number of aliphatic hydroxyl groups is 2. The van der Waals surface area contributed by atoms with Crippen LogP contribution in [-0.2, 0) is 25.0 Å². The molecule has 0 heterocycles. The maximum Gasteiger partial charge on any atom is 0.387 e. The van der Waals surface area contributed by atoms with E-state index in [-0.39, 0.29) is 57.9 Å². The second-order valence-corrected chi connectivity index (χ2v) is 30.2. The van der Waals surface area contributed by atoms with Crippen LogP contribution in [0.4, 0.5) is 35.1 Å². The molecule has 0 aliphatic heterocycles. The lowest BCUT2D eigenvalue weighted by Gasteiger charge is -2.29. The van der Waals surface area contributed by atoms with E-state index in [0.717, 1.165) is 105 Å². The van der Waals surface area contributed by atoms with Gasteiger partial charge in [0.1, 0.15) is 23.0 Å². The van der Waals surface area contributed by atoms with E-state index in [1.807, 2.05) is 60.7 Å². The predicted molar refractivity (Wildman–Crippen MR) is 386 cm³/mol. The Morgan fingerprint density at radius 2 is 0.550 bits per heavy atom. The van der Waals surface area contributed by atoms with Gasteiger partial charge in [0.25, 0.3) is 0 Å². The summed E-state index contributed by atoms with van der Waals surface area (Å²) in [5.74, 6) is 3.27. The summed E-state index contributed by atoms with van der Waals surface area (Å²) in [7, 11) is 0. The Kier molecular flexibility index (Phi) is 26.4. The fraction of sp³-hybridized carbons (Fsp3) is 0.429. The Morgan fingerprint density at radius 1 is 0.330 bits per heavy atom. The summed E-state index contributed by atoms with van der Waals surface area (Å²) < 4.78 is 119. The quantitative estimate of drug-likeness (QED) is 0.0585. The lowest BCUT2D eigenvalue weighted by Crippen LogP contribution is -2.16. The summed E-state index contributed by atoms with van der Waals surface area (Å²) >= 11 is 12.1. The zero-order chi connectivity index (χ0) is 72.1. The van der Waals surface area contributed by atoms with E-state index in [0.29, 0.717) is 35.4 Å². The lowest BCUT2D eigenvalue weighted by atomic mass is 9.75. The first kappa shape index (κ1) is 77.1. The van der Waals surface area contributed by atoms with Crippen LogP contribution in [0.3, 0.4) is 0 Å². The van der Waals surface area contributed by atoms with Crippen LogP contribution in [0.1, 0.15) is 201 Å². The predicted octanol–water partition coefficient (Wildman–Crippen LogP) is 25.5. The molecule has 0 saturated heterocycles. The van der Waals surface area contributed by atoms with Gasteiger partial charge < -0.3 is 29.2 Å². The van der Waals surface area contributed by atoms with Gasteiger partial charge in [-0.2, -0.15) is 35.1 Å². The maximum atomic E-state index is 12.5. The highest BCUT2D eigenvalue weighted by atomic mass is 35.5. The molecule has 0 spiro atoms. The minimum atomic E-state index is -2.83. The summed E-state index contributed by atoms with van der Waals surface area (Å²) in [6, 6.07) is 51.9. The lowest BCUT2D eigenvalue weighted by molar-refractivity contribution is -0.0505. The molecule has 12 rings (SSSR count). The third-order valence-corrected chi connectivity index (χ3v) is 21.8. The minimum Gasteiger partial charge on any atom is -0.435 e. The molecule has 4 aliphatic rings. The fourth-order valence-corrected chi connectivity index (χ4v) is 16.3. The largest absolute Gasteiger partial charge is 0.435 e. The topological polar surface area (TPSA) is 77.4 Å². The normalized spacial score (nSPS) is 19.4. The van der Waals surface area contributed by atoms with Gasteiger partial charge in [0.15, 0.2) is 0 Å². The van der Waals surface area contributed by atoms with Gasteiger partial charge in [0, 0.05) is 11.8 Å². The molecular weight excluding hydrogens is 1330 g/mol. The highest BCUT2D eigenvalue weighted by molar-refractivity contribution is 6.17. The Balaban J connectivity index is 0.000000156. The van der Waals surface area contributed by atoms with E-state index < -0.39 is 26.4 Å². The highest BCUT2D eigenvalue weighted by Gasteiger charge is 2.40. The Labute approximate surface area is 595 Å². The van der Waals surface area contributed by atoms with Crippen LogP contribution < -0.4 is 18.9 Å². The van der Waals surface area contributed by atoms with Gasteiger partial charge in [-0.1, -0.05) is 202 Å². The third kappa shape index (κ3) is 19.7. The summed E-state index contributed by atoms with van der Waals surface area (Å²) in [6.45, 7) is 7.00. The molecular formula is C84H94Cl2F8O6. The summed E-state index contributed by atoms with van der Waals surface area (Å²) in [5.41, 5.74) is 17.3. The van der Waals surface area contributed by atoms with Crippen molar-refractivity contribution in [2.75, 3.05) is 0 Å². The van der Waals surface area contributed by atoms with E-state index in [4.69, 9.17) is 23.2 Å².